The molecule has 11 aromatic rings. The molecule has 0 bridgehead atoms. The van der Waals surface area contributed by atoms with E-state index in [1.54, 1.807) is 47.7 Å². The average molecular weight is 681 g/mol. The second-order valence-electron chi connectivity index (χ2n) is 12.1. The number of nitrogens with zero attached hydrogens (tertiary/aromatic N) is 4. The van der Waals surface area contributed by atoms with Gasteiger partial charge in [-0.05, 0) is 41.5 Å². The SMILES string of the molecule is [2H]c1c([2H])c([2H])c(-c2nc(-c3ccc4c(c3)oc3cccc(-c5c([2H])c([2H])c([2H])c([2H])c5[2H])c34)nc(-n3c4ccccc4c4ccc5c6ccccc6sc5c43)n2)c([2H])c1[2H]. The van der Waals surface area contributed by atoms with Crippen LogP contribution in [0.15, 0.2) is 162 Å². The number of para-hydroxylation sites is 1. The molecule has 238 valence electrons. The number of hydrogen-bond acceptors (Lipinski definition) is 5. The van der Waals surface area contributed by atoms with Gasteiger partial charge in [0.1, 0.15) is 11.2 Å². The highest BCUT2D eigenvalue weighted by Crippen LogP contribution is 2.43. The molecular formula is C45H26N4OS. The van der Waals surface area contributed by atoms with Crippen molar-refractivity contribution >= 4 is 75.3 Å². The van der Waals surface area contributed by atoms with Gasteiger partial charge in [-0.1, -0.05) is 127 Å². The highest BCUT2D eigenvalue weighted by atomic mass is 32.1. The Balaban J connectivity index is 1.20. The van der Waals surface area contributed by atoms with E-state index >= 15 is 0 Å². The molecule has 6 heteroatoms. The van der Waals surface area contributed by atoms with Crippen LogP contribution in [-0.4, -0.2) is 19.5 Å². The van der Waals surface area contributed by atoms with E-state index in [1.165, 1.54) is 0 Å². The van der Waals surface area contributed by atoms with E-state index in [0.29, 0.717) is 33.1 Å². The van der Waals surface area contributed by atoms with Gasteiger partial charge in [0.05, 0.1) is 29.4 Å². The minimum absolute atomic E-state index is 0.0488. The van der Waals surface area contributed by atoms with Crippen LogP contribution in [0.2, 0.25) is 0 Å². The zero-order valence-electron chi connectivity index (χ0n) is 36.3. The lowest BCUT2D eigenvalue weighted by atomic mass is 9.99. The Kier molecular flexibility index (Phi) is 4.32. The van der Waals surface area contributed by atoms with Crippen LogP contribution >= 0.6 is 11.3 Å². The van der Waals surface area contributed by atoms with Crippen molar-refractivity contribution in [1.29, 1.82) is 0 Å². The van der Waals surface area contributed by atoms with Gasteiger partial charge < -0.3 is 4.42 Å². The van der Waals surface area contributed by atoms with E-state index in [1.807, 2.05) is 41.0 Å². The topological polar surface area (TPSA) is 56.7 Å². The maximum Gasteiger partial charge on any atom is 0.238 e. The number of aromatic nitrogens is 4. The lowest BCUT2D eigenvalue weighted by Gasteiger charge is -2.11. The third-order valence-corrected chi connectivity index (χ3v) is 10.4. The van der Waals surface area contributed by atoms with Crippen LogP contribution in [0.5, 0.6) is 0 Å². The predicted octanol–water partition coefficient (Wildman–Crippen LogP) is 12.2. The second kappa shape index (κ2) is 10.9. The molecule has 0 radical (unpaired) electrons. The van der Waals surface area contributed by atoms with Gasteiger partial charge in [0.15, 0.2) is 11.6 Å². The summed E-state index contributed by atoms with van der Waals surface area (Å²) in [5, 5.41) is 5.22. The van der Waals surface area contributed by atoms with Crippen molar-refractivity contribution in [2.45, 2.75) is 0 Å². The standard InChI is InChI=1S/C45H26N4OS/c1-3-12-27(13-4-1)30-18-11-20-37-40(30)35-23-22-29(26-38(35)50-37)44-46-43(28-14-5-2-6-15-28)47-45(48-44)49-36-19-9-7-16-31(36)33-24-25-34-32-17-8-10-21-39(32)51-42(34)41(33)49/h1-26H/i1D,2D,3D,4D,5D,6D,12D,13D,14D,15D. The van der Waals surface area contributed by atoms with Gasteiger partial charge in [-0.25, -0.2) is 4.98 Å². The average Bonchev–Trinajstić information content (AvgIpc) is 3.96. The van der Waals surface area contributed by atoms with Crippen molar-refractivity contribution in [1.82, 2.24) is 19.5 Å². The van der Waals surface area contributed by atoms with Gasteiger partial charge in [-0.2, -0.15) is 9.97 Å². The fourth-order valence-electron chi connectivity index (χ4n) is 7.06. The zero-order chi connectivity index (χ0) is 42.2. The Morgan fingerprint density at radius 2 is 1.25 bits per heavy atom. The highest BCUT2D eigenvalue weighted by Gasteiger charge is 2.22. The van der Waals surface area contributed by atoms with Crippen molar-refractivity contribution < 1.29 is 18.1 Å². The van der Waals surface area contributed by atoms with Crippen LogP contribution in [0.25, 0.3) is 104 Å². The molecule has 4 heterocycles. The van der Waals surface area contributed by atoms with Crippen LogP contribution in [0, 0.1) is 0 Å². The molecule has 0 saturated carbocycles. The normalized spacial score (nSPS) is 14.7. The minimum Gasteiger partial charge on any atom is -0.456 e. The molecule has 0 aliphatic carbocycles. The van der Waals surface area contributed by atoms with Gasteiger partial charge in [-0.15, -0.1) is 11.3 Å². The Morgan fingerprint density at radius 1 is 0.549 bits per heavy atom. The number of thiophene rings is 1. The number of furan rings is 1. The first-order chi connectivity index (χ1) is 29.4. The van der Waals surface area contributed by atoms with E-state index in [9.17, 15) is 0 Å². The summed E-state index contributed by atoms with van der Waals surface area (Å²) in [5.74, 6) is 0.172. The summed E-state index contributed by atoms with van der Waals surface area (Å²) >= 11 is 1.65. The van der Waals surface area contributed by atoms with E-state index in [0.717, 1.165) is 42.0 Å². The summed E-state index contributed by atoms with van der Waals surface area (Å²) in [7, 11) is 0. The number of benzene rings is 7. The fourth-order valence-corrected chi connectivity index (χ4v) is 8.30. The van der Waals surface area contributed by atoms with Crippen molar-refractivity contribution in [2.24, 2.45) is 0 Å². The molecule has 11 rings (SSSR count). The van der Waals surface area contributed by atoms with Crippen LogP contribution in [0.3, 0.4) is 0 Å². The summed E-state index contributed by atoms with van der Waals surface area (Å²) in [6.45, 7) is 0. The first kappa shape index (κ1) is 20.1. The van der Waals surface area contributed by atoms with Gasteiger partial charge in [0.2, 0.25) is 5.95 Å². The first-order valence-electron chi connectivity index (χ1n) is 21.1. The summed E-state index contributed by atoms with van der Waals surface area (Å²) in [4.78, 5) is 14.8. The Hall–Kier alpha value is -6.63. The molecule has 0 atom stereocenters. The van der Waals surface area contributed by atoms with E-state index in [-0.39, 0.29) is 40.8 Å². The second-order valence-corrected chi connectivity index (χ2v) is 13.1. The lowest BCUT2D eigenvalue weighted by Crippen LogP contribution is -2.06. The quantitative estimate of drug-likeness (QED) is 0.186. The number of hydrogen-bond donors (Lipinski definition) is 0. The highest BCUT2D eigenvalue weighted by molar-refractivity contribution is 7.26. The van der Waals surface area contributed by atoms with Crippen LogP contribution in [0.4, 0.5) is 0 Å². The first-order valence-corrected chi connectivity index (χ1v) is 16.9. The van der Waals surface area contributed by atoms with Crippen molar-refractivity contribution in [3.8, 4) is 39.9 Å². The monoisotopic (exact) mass is 680 g/mol. The molecule has 0 aliphatic rings. The smallest absolute Gasteiger partial charge is 0.238 e. The Morgan fingerprint density at radius 3 is 2.10 bits per heavy atom. The maximum atomic E-state index is 8.90. The molecule has 0 saturated heterocycles. The van der Waals surface area contributed by atoms with E-state index < -0.39 is 48.3 Å². The third-order valence-electron chi connectivity index (χ3n) is 9.25. The molecule has 0 unspecified atom stereocenters. The third kappa shape index (κ3) is 4.30. The predicted molar refractivity (Wildman–Crippen MR) is 211 cm³/mol. The molecule has 5 nitrogen and oxygen atoms in total. The van der Waals surface area contributed by atoms with Gasteiger partial charge in [0, 0.05) is 48.1 Å². The molecule has 0 spiro atoms. The van der Waals surface area contributed by atoms with Crippen LogP contribution in [-0.2, 0) is 0 Å². The maximum absolute atomic E-state index is 8.90. The molecular weight excluding hydrogens is 645 g/mol. The van der Waals surface area contributed by atoms with Gasteiger partial charge in [0.25, 0.3) is 0 Å². The lowest BCUT2D eigenvalue weighted by molar-refractivity contribution is 0.669. The minimum atomic E-state index is -0.541. The number of rotatable bonds is 4. The molecule has 51 heavy (non-hydrogen) atoms. The van der Waals surface area contributed by atoms with Crippen LogP contribution < -0.4 is 0 Å². The molecule has 0 aliphatic heterocycles. The summed E-state index contributed by atoms with van der Waals surface area (Å²) in [6.07, 6.45) is 0. The Bertz CT molecular complexity index is 3690. The van der Waals surface area contributed by atoms with Crippen molar-refractivity contribution in [3.05, 3.63) is 157 Å². The largest absolute Gasteiger partial charge is 0.456 e. The number of fused-ring (bicyclic) bond motifs is 10. The van der Waals surface area contributed by atoms with Crippen molar-refractivity contribution in [3.63, 3.8) is 0 Å². The summed E-state index contributed by atoms with van der Waals surface area (Å²) in [6, 6.07) is 26.1. The summed E-state index contributed by atoms with van der Waals surface area (Å²) in [5.41, 5.74) is 3.18. The van der Waals surface area contributed by atoms with Gasteiger partial charge in [-0.3, -0.25) is 4.57 Å². The molecule has 4 aromatic heterocycles. The molecule has 0 N–H and O–H groups in total. The molecule has 0 amide bonds. The fraction of sp³-hybridized carbons (Fsp3) is 0. The molecule has 0 fully saturated rings. The van der Waals surface area contributed by atoms with Crippen molar-refractivity contribution in [2.75, 3.05) is 0 Å². The van der Waals surface area contributed by atoms with Crippen LogP contribution in [0.1, 0.15) is 13.7 Å². The van der Waals surface area contributed by atoms with E-state index in [2.05, 4.69) is 24.3 Å². The summed E-state index contributed by atoms with van der Waals surface area (Å²) < 4.78 is 95.5. The van der Waals surface area contributed by atoms with E-state index in [4.69, 9.17) is 33.1 Å². The Labute approximate surface area is 309 Å². The zero-order valence-corrected chi connectivity index (χ0v) is 27.2. The van der Waals surface area contributed by atoms with Gasteiger partial charge >= 0.3 is 0 Å². The molecule has 7 aromatic carbocycles.